The average Bonchev–Trinajstić information content (AvgIpc) is 3.86. The molecule has 410 valence electrons. The molecule has 14 aromatic carbocycles. The van der Waals surface area contributed by atoms with Crippen molar-refractivity contribution in [2.45, 2.75) is 0 Å². The van der Waals surface area contributed by atoms with Gasteiger partial charge in [-0.25, -0.2) is 0 Å². The first kappa shape index (κ1) is 49.7. The molecule has 0 bridgehead atoms. The van der Waals surface area contributed by atoms with Crippen molar-refractivity contribution in [2.24, 2.45) is 0 Å². The minimum Gasteiger partial charge on any atom is -0.309 e. The summed E-state index contributed by atoms with van der Waals surface area (Å²) >= 11 is 0. The molecule has 4 heteroatoms. The second kappa shape index (κ2) is 20.0. The van der Waals surface area contributed by atoms with Gasteiger partial charge < -0.3 is 18.3 Å². The molecule has 0 unspecified atom stereocenters. The predicted molar refractivity (Wildman–Crippen MR) is 371 cm³/mol. The Balaban J connectivity index is 0.696. The van der Waals surface area contributed by atoms with Gasteiger partial charge in [0.1, 0.15) is 0 Å². The average molecular weight is 1120 g/mol. The Morgan fingerprint density at radius 1 is 0.125 bits per heavy atom. The van der Waals surface area contributed by atoms with Gasteiger partial charge in [-0.05, 0) is 165 Å². The molecule has 0 aliphatic heterocycles. The molecule has 0 N–H and O–H groups in total. The van der Waals surface area contributed by atoms with Crippen LogP contribution in [0.5, 0.6) is 0 Å². The molecule has 4 nitrogen and oxygen atoms in total. The van der Waals surface area contributed by atoms with Crippen LogP contribution >= 0.6 is 0 Å². The minimum atomic E-state index is 1.12. The van der Waals surface area contributed by atoms with E-state index in [0.717, 1.165) is 22.7 Å². The maximum atomic E-state index is 2.45. The van der Waals surface area contributed by atoms with E-state index in [1.807, 2.05) is 0 Å². The molecule has 4 heterocycles. The van der Waals surface area contributed by atoms with Gasteiger partial charge in [-0.2, -0.15) is 0 Å². The number of rotatable bonds is 9. The maximum Gasteiger partial charge on any atom is 0.0547 e. The molecule has 4 aromatic heterocycles. The molecule has 0 saturated heterocycles. The fourth-order valence-electron chi connectivity index (χ4n) is 14.2. The highest BCUT2D eigenvalue weighted by atomic mass is 15.0. The van der Waals surface area contributed by atoms with E-state index in [1.54, 1.807) is 0 Å². The van der Waals surface area contributed by atoms with Gasteiger partial charge in [0.25, 0.3) is 0 Å². The Bertz CT molecular complexity index is 5780. The number of hydrogen-bond donors (Lipinski definition) is 0. The fraction of sp³-hybridized carbons (Fsp3) is 0. The van der Waals surface area contributed by atoms with Crippen LogP contribution in [0, 0.1) is 0 Å². The summed E-state index contributed by atoms with van der Waals surface area (Å²) in [5, 5.41) is 9.90. The molecule has 0 saturated carbocycles. The monoisotopic (exact) mass is 1120 g/mol. The first-order valence-electron chi connectivity index (χ1n) is 30.3. The number of benzene rings is 14. The summed E-state index contributed by atoms with van der Waals surface area (Å²) in [4.78, 5) is 0. The van der Waals surface area contributed by atoms with Gasteiger partial charge in [0.2, 0.25) is 0 Å². The van der Waals surface area contributed by atoms with Crippen LogP contribution in [-0.2, 0) is 0 Å². The number of fused-ring (bicyclic) bond motifs is 12. The molecule has 88 heavy (non-hydrogen) atoms. The minimum absolute atomic E-state index is 1.12. The quantitative estimate of drug-likeness (QED) is 0.137. The first-order valence-corrected chi connectivity index (χ1v) is 30.3. The van der Waals surface area contributed by atoms with E-state index in [9.17, 15) is 0 Å². The molecule has 0 radical (unpaired) electrons. The van der Waals surface area contributed by atoms with Crippen LogP contribution in [0.1, 0.15) is 0 Å². The van der Waals surface area contributed by atoms with Crippen molar-refractivity contribution in [1.29, 1.82) is 0 Å². The summed E-state index contributed by atoms with van der Waals surface area (Å²) in [6, 6.07) is 121. The lowest BCUT2D eigenvalue weighted by atomic mass is 9.98. The smallest absolute Gasteiger partial charge is 0.0547 e. The molecule has 0 fully saturated rings. The van der Waals surface area contributed by atoms with Crippen LogP contribution in [0.3, 0.4) is 0 Å². The summed E-state index contributed by atoms with van der Waals surface area (Å²) in [6.07, 6.45) is 0. The van der Waals surface area contributed by atoms with E-state index in [4.69, 9.17) is 0 Å². The Morgan fingerprint density at radius 3 is 0.886 bits per heavy atom. The van der Waals surface area contributed by atoms with Crippen molar-refractivity contribution >= 4 is 87.2 Å². The Hall–Kier alpha value is -11.7. The number of nitrogens with zero attached hydrogens (tertiary/aromatic N) is 4. The lowest BCUT2D eigenvalue weighted by molar-refractivity contribution is 1.18. The SMILES string of the molecule is c1ccc(-c2cccc(-n3c4ccccc4c4cc(-c5ccc6c7ccc(-c8cccc(-c9ccc(-n%10c%11ccccc%11c%11ccc(-c%12ccc%13c%14ccccc%14n(-c%14ccccc%14)c%13c%12)cc%11%10)cc9)c8)cc7n(-c7ccccc7)c6c5)ccc43)c2)cc1. The first-order chi connectivity index (χ1) is 43.6. The van der Waals surface area contributed by atoms with E-state index in [0.29, 0.717) is 0 Å². The third-order valence-electron chi connectivity index (χ3n) is 18.3. The molecular weight excluding hydrogens is 1060 g/mol. The third kappa shape index (κ3) is 7.93. The molecule has 0 aliphatic carbocycles. The van der Waals surface area contributed by atoms with Gasteiger partial charge >= 0.3 is 0 Å². The van der Waals surface area contributed by atoms with E-state index in [1.165, 1.54) is 143 Å². The normalized spacial score (nSPS) is 11.9. The topological polar surface area (TPSA) is 19.7 Å². The van der Waals surface area contributed by atoms with Gasteiger partial charge in [0.15, 0.2) is 0 Å². The van der Waals surface area contributed by atoms with Gasteiger partial charge in [-0.15, -0.1) is 0 Å². The maximum absolute atomic E-state index is 2.45. The molecule has 0 spiro atoms. The van der Waals surface area contributed by atoms with E-state index in [-0.39, 0.29) is 0 Å². The van der Waals surface area contributed by atoms with Crippen LogP contribution < -0.4 is 0 Å². The van der Waals surface area contributed by atoms with Crippen LogP contribution in [0.25, 0.3) is 166 Å². The summed E-state index contributed by atoms with van der Waals surface area (Å²) in [6.45, 7) is 0. The fourth-order valence-corrected chi connectivity index (χ4v) is 14.2. The van der Waals surface area contributed by atoms with Crippen molar-refractivity contribution in [1.82, 2.24) is 18.3 Å². The number of hydrogen-bond acceptors (Lipinski definition) is 0. The second-order valence-electron chi connectivity index (χ2n) is 23.3. The standard InChI is InChI=1S/C84H54N4/c1-4-18-55(19-5-1)59-22-17-27-68(49-59)88-79-33-15-12-30-71(79)76-50-60(40-47-80(76)88)62-37-46-75-74-45-36-61(51-83(74)87(84(75)52-62)66-25-8-3-9-26-66)58-21-16-20-57(48-58)56-34-41-67(42-35-56)86-78-32-14-11-29-70(78)73-44-39-64(54-82(73)86)63-38-43-72-69-28-10-13-31-77(69)85(81(72)53-63)65-23-6-2-7-24-65/h1-54H. The summed E-state index contributed by atoms with van der Waals surface area (Å²) < 4.78 is 9.70. The van der Waals surface area contributed by atoms with Crippen LogP contribution in [0.4, 0.5) is 0 Å². The van der Waals surface area contributed by atoms with Crippen molar-refractivity contribution in [3.63, 3.8) is 0 Å². The van der Waals surface area contributed by atoms with E-state index < -0.39 is 0 Å². The highest BCUT2D eigenvalue weighted by Crippen LogP contribution is 2.43. The Labute approximate surface area is 508 Å². The molecule has 18 aromatic rings. The van der Waals surface area contributed by atoms with Gasteiger partial charge in [-0.1, -0.05) is 218 Å². The van der Waals surface area contributed by atoms with E-state index in [2.05, 4.69) is 346 Å². The lowest BCUT2D eigenvalue weighted by Crippen LogP contribution is -1.95. The number of para-hydroxylation sites is 5. The zero-order valence-electron chi connectivity index (χ0n) is 48.0. The molecular formula is C84H54N4. The van der Waals surface area contributed by atoms with Crippen LogP contribution in [0.15, 0.2) is 328 Å². The van der Waals surface area contributed by atoms with Gasteiger partial charge in [-0.3, -0.25) is 0 Å². The van der Waals surface area contributed by atoms with Crippen LogP contribution in [0.2, 0.25) is 0 Å². The zero-order chi connectivity index (χ0) is 57.8. The highest BCUT2D eigenvalue weighted by molar-refractivity contribution is 6.15. The Kier molecular flexibility index (Phi) is 11.3. The predicted octanol–water partition coefficient (Wildman–Crippen LogP) is 22.4. The molecule has 0 amide bonds. The van der Waals surface area contributed by atoms with Crippen molar-refractivity contribution < 1.29 is 0 Å². The number of aromatic nitrogens is 4. The van der Waals surface area contributed by atoms with Gasteiger partial charge in [0.05, 0.1) is 44.1 Å². The van der Waals surface area contributed by atoms with Gasteiger partial charge in [0, 0.05) is 65.8 Å². The van der Waals surface area contributed by atoms with Crippen molar-refractivity contribution in [3.05, 3.63) is 328 Å². The molecule has 0 atom stereocenters. The third-order valence-corrected chi connectivity index (χ3v) is 18.3. The summed E-state index contributed by atoms with van der Waals surface area (Å²) in [7, 11) is 0. The summed E-state index contributed by atoms with van der Waals surface area (Å²) in [5.41, 5.74) is 25.9. The van der Waals surface area contributed by atoms with Crippen LogP contribution in [-0.4, -0.2) is 18.3 Å². The largest absolute Gasteiger partial charge is 0.309 e. The van der Waals surface area contributed by atoms with E-state index >= 15 is 0 Å². The lowest BCUT2D eigenvalue weighted by Gasteiger charge is -2.12. The molecule has 18 rings (SSSR count). The Morgan fingerprint density at radius 2 is 0.398 bits per heavy atom. The zero-order valence-corrected chi connectivity index (χ0v) is 48.0. The highest BCUT2D eigenvalue weighted by Gasteiger charge is 2.20. The van der Waals surface area contributed by atoms with Crippen molar-refractivity contribution in [2.75, 3.05) is 0 Å². The summed E-state index contributed by atoms with van der Waals surface area (Å²) in [5.74, 6) is 0. The molecule has 0 aliphatic rings. The van der Waals surface area contributed by atoms with Crippen molar-refractivity contribution in [3.8, 4) is 78.4 Å². The second-order valence-corrected chi connectivity index (χ2v) is 23.3.